The van der Waals surface area contributed by atoms with E-state index in [-0.39, 0.29) is 5.56 Å². The molecule has 6 heteroatoms. The Morgan fingerprint density at radius 1 is 1.47 bits per heavy atom. The van der Waals surface area contributed by atoms with Crippen molar-refractivity contribution >= 4 is 32.9 Å². The fourth-order valence-electron chi connectivity index (χ4n) is 1.76. The van der Waals surface area contributed by atoms with Gasteiger partial charge in [0.25, 0.3) is 5.56 Å². The predicted molar refractivity (Wildman–Crippen MR) is 71.5 cm³/mol. The van der Waals surface area contributed by atoms with Gasteiger partial charge in [-0.2, -0.15) is 4.98 Å². The number of halogens is 1. The third-order valence-electron chi connectivity index (χ3n) is 2.63. The lowest BCUT2D eigenvalue weighted by atomic mass is 10.2. The first-order chi connectivity index (χ1) is 8.08. The molecule has 0 saturated heterocycles. The maximum absolute atomic E-state index is 12.0. The quantitative estimate of drug-likeness (QED) is 0.920. The molecule has 90 valence electrons. The second-order valence-corrected chi connectivity index (χ2v) is 4.52. The van der Waals surface area contributed by atoms with Crippen molar-refractivity contribution in [3.8, 4) is 0 Å². The second kappa shape index (κ2) is 4.44. The lowest BCUT2D eigenvalue weighted by molar-refractivity contribution is 0.744. The van der Waals surface area contributed by atoms with Gasteiger partial charge in [0, 0.05) is 19.0 Å². The Bertz CT molecular complexity index is 635. The summed E-state index contributed by atoms with van der Waals surface area (Å²) in [7, 11) is 1.76. The minimum Gasteiger partial charge on any atom is -0.357 e. The highest BCUT2D eigenvalue weighted by molar-refractivity contribution is 9.10. The Morgan fingerprint density at radius 3 is 2.76 bits per heavy atom. The number of pyridine rings is 1. The van der Waals surface area contributed by atoms with Crippen LogP contribution in [0.1, 0.15) is 12.6 Å². The molecule has 17 heavy (non-hydrogen) atoms. The molecule has 0 bridgehead atoms. The van der Waals surface area contributed by atoms with Gasteiger partial charge in [0.05, 0.1) is 10.2 Å². The summed E-state index contributed by atoms with van der Waals surface area (Å²) < 4.78 is 2.17. The van der Waals surface area contributed by atoms with Crippen LogP contribution < -0.4 is 10.9 Å². The van der Waals surface area contributed by atoms with E-state index in [1.54, 1.807) is 17.7 Å². The average molecular weight is 297 g/mol. The molecule has 0 fully saturated rings. The van der Waals surface area contributed by atoms with E-state index in [2.05, 4.69) is 31.2 Å². The fourth-order valence-corrected chi connectivity index (χ4v) is 2.20. The zero-order valence-electron chi connectivity index (χ0n) is 9.91. The smallest absolute Gasteiger partial charge is 0.266 e. The number of aromatic nitrogens is 3. The van der Waals surface area contributed by atoms with Crippen LogP contribution in [0.2, 0.25) is 0 Å². The van der Waals surface area contributed by atoms with Gasteiger partial charge in [-0.3, -0.25) is 9.36 Å². The Morgan fingerprint density at radius 2 is 2.18 bits per heavy atom. The van der Waals surface area contributed by atoms with Crippen LogP contribution in [0.4, 0.5) is 5.95 Å². The van der Waals surface area contributed by atoms with E-state index in [1.165, 1.54) is 0 Å². The molecule has 5 nitrogen and oxygen atoms in total. The Kier molecular flexibility index (Phi) is 3.15. The summed E-state index contributed by atoms with van der Waals surface area (Å²) >= 11 is 3.27. The number of fused-ring (bicyclic) bond motifs is 1. The monoisotopic (exact) mass is 296 g/mol. The molecular formula is C11H13BrN4O. The van der Waals surface area contributed by atoms with Gasteiger partial charge in [-0.25, -0.2) is 4.98 Å². The van der Waals surface area contributed by atoms with E-state index >= 15 is 0 Å². The van der Waals surface area contributed by atoms with Crippen molar-refractivity contribution in [2.45, 2.75) is 20.4 Å². The number of hydrogen-bond donors (Lipinski definition) is 1. The highest BCUT2D eigenvalue weighted by atomic mass is 79.9. The minimum atomic E-state index is -0.0693. The normalized spacial score (nSPS) is 10.8. The number of aryl methyl sites for hydroxylation is 2. The molecule has 0 aromatic carbocycles. The van der Waals surface area contributed by atoms with E-state index in [4.69, 9.17) is 0 Å². The molecule has 0 atom stereocenters. The van der Waals surface area contributed by atoms with Crippen LogP contribution in [-0.2, 0) is 6.54 Å². The first kappa shape index (κ1) is 12.0. The van der Waals surface area contributed by atoms with Crippen LogP contribution in [0, 0.1) is 6.92 Å². The summed E-state index contributed by atoms with van der Waals surface area (Å²) in [5.74, 6) is 0.527. The van der Waals surface area contributed by atoms with Gasteiger partial charge >= 0.3 is 0 Å². The predicted octanol–water partition coefficient (Wildman–Crippen LogP) is 1.92. The number of rotatable bonds is 2. The van der Waals surface area contributed by atoms with Gasteiger partial charge in [0.15, 0.2) is 0 Å². The summed E-state index contributed by atoms with van der Waals surface area (Å²) in [5.41, 5.74) is 1.44. The van der Waals surface area contributed by atoms with Gasteiger partial charge in [-0.05, 0) is 35.8 Å². The highest BCUT2D eigenvalue weighted by Crippen LogP contribution is 2.19. The van der Waals surface area contributed by atoms with Gasteiger partial charge < -0.3 is 5.32 Å². The Hall–Kier alpha value is -1.43. The molecule has 2 rings (SSSR count). The third kappa shape index (κ3) is 1.93. The summed E-state index contributed by atoms with van der Waals surface area (Å²) in [6, 6.07) is 1.78. The molecule has 0 aliphatic rings. The first-order valence-electron chi connectivity index (χ1n) is 5.34. The molecule has 2 aromatic heterocycles. The molecule has 0 radical (unpaired) electrons. The van der Waals surface area contributed by atoms with Gasteiger partial charge in [-0.1, -0.05) is 0 Å². The standard InChI is InChI=1S/C11H13BrN4O/c1-4-16-9-7(5-8(12)10(16)17)6(2)14-11(13-3)15-9/h5H,4H2,1-3H3,(H,13,14,15). The molecule has 0 aliphatic carbocycles. The Labute approximate surface area is 107 Å². The number of anilines is 1. The number of hydrogen-bond acceptors (Lipinski definition) is 4. The second-order valence-electron chi connectivity index (χ2n) is 3.66. The van der Waals surface area contributed by atoms with E-state index in [1.807, 2.05) is 13.8 Å². The molecule has 0 unspecified atom stereocenters. The maximum atomic E-state index is 12.0. The maximum Gasteiger partial charge on any atom is 0.266 e. The van der Waals surface area contributed by atoms with Gasteiger partial charge in [0.1, 0.15) is 5.65 Å². The van der Waals surface area contributed by atoms with Crippen LogP contribution in [0.15, 0.2) is 15.3 Å². The molecule has 2 aromatic rings. The number of nitrogens with one attached hydrogen (secondary N) is 1. The van der Waals surface area contributed by atoms with Gasteiger partial charge in [0.2, 0.25) is 5.95 Å². The van der Waals surface area contributed by atoms with Crippen LogP contribution >= 0.6 is 15.9 Å². The molecule has 0 amide bonds. The number of nitrogens with zero attached hydrogens (tertiary/aromatic N) is 3. The fraction of sp³-hybridized carbons (Fsp3) is 0.364. The van der Waals surface area contributed by atoms with Crippen molar-refractivity contribution in [3.63, 3.8) is 0 Å². The molecule has 2 heterocycles. The zero-order chi connectivity index (χ0) is 12.6. The van der Waals surface area contributed by atoms with Crippen molar-refractivity contribution in [2.24, 2.45) is 0 Å². The lowest BCUT2D eigenvalue weighted by Gasteiger charge is -2.10. The largest absolute Gasteiger partial charge is 0.357 e. The summed E-state index contributed by atoms with van der Waals surface area (Å²) in [6.45, 7) is 4.40. The lowest BCUT2D eigenvalue weighted by Crippen LogP contribution is -2.21. The van der Waals surface area contributed by atoms with E-state index in [9.17, 15) is 4.79 Å². The molecule has 0 saturated carbocycles. The van der Waals surface area contributed by atoms with Gasteiger partial charge in [-0.15, -0.1) is 0 Å². The SMILES string of the molecule is CCn1c(=O)c(Br)cc2c(C)nc(NC)nc21. The van der Waals surface area contributed by atoms with Crippen molar-refractivity contribution in [2.75, 3.05) is 12.4 Å². The van der Waals surface area contributed by atoms with Crippen molar-refractivity contribution < 1.29 is 0 Å². The topological polar surface area (TPSA) is 59.8 Å². The molecular weight excluding hydrogens is 284 g/mol. The molecule has 0 aliphatic heterocycles. The molecule has 1 N–H and O–H groups in total. The van der Waals surface area contributed by atoms with E-state index < -0.39 is 0 Å². The Balaban J connectivity index is 2.96. The van der Waals surface area contributed by atoms with Crippen LogP contribution in [0.25, 0.3) is 11.0 Å². The van der Waals surface area contributed by atoms with Crippen molar-refractivity contribution in [1.29, 1.82) is 0 Å². The average Bonchev–Trinajstić information content (AvgIpc) is 2.32. The third-order valence-corrected chi connectivity index (χ3v) is 3.20. The van der Waals surface area contributed by atoms with Crippen LogP contribution in [0.5, 0.6) is 0 Å². The summed E-state index contributed by atoms with van der Waals surface area (Å²) in [4.78, 5) is 20.6. The minimum absolute atomic E-state index is 0.0693. The highest BCUT2D eigenvalue weighted by Gasteiger charge is 2.11. The first-order valence-corrected chi connectivity index (χ1v) is 6.13. The van der Waals surface area contributed by atoms with Crippen molar-refractivity contribution in [1.82, 2.24) is 14.5 Å². The van der Waals surface area contributed by atoms with Crippen LogP contribution in [0.3, 0.4) is 0 Å². The zero-order valence-corrected chi connectivity index (χ0v) is 11.5. The van der Waals surface area contributed by atoms with Crippen LogP contribution in [-0.4, -0.2) is 21.6 Å². The summed E-state index contributed by atoms with van der Waals surface area (Å²) in [5, 5.41) is 3.78. The molecule has 0 spiro atoms. The summed E-state index contributed by atoms with van der Waals surface area (Å²) in [6.07, 6.45) is 0. The van der Waals surface area contributed by atoms with E-state index in [0.717, 1.165) is 11.1 Å². The van der Waals surface area contributed by atoms with Crippen molar-refractivity contribution in [3.05, 3.63) is 26.6 Å². The van der Waals surface area contributed by atoms with E-state index in [0.29, 0.717) is 22.6 Å².